The SMILES string of the molecule is Cc1cc(Cl)cc2sc(N(CCCn3cccc3)C(=O)c3cc4ccccc4o3)nc12. The van der Waals surface area contributed by atoms with E-state index in [2.05, 4.69) is 4.57 Å². The zero-order valence-corrected chi connectivity index (χ0v) is 18.5. The molecule has 0 aliphatic rings. The van der Waals surface area contributed by atoms with Crippen molar-refractivity contribution in [3.8, 4) is 0 Å². The van der Waals surface area contributed by atoms with Gasteiger partial charge in [-0.3, -0.25) is 9.69 Å². The van der Waals surface area contributed by atoms with Crippen LogP contribution in [0.2, 0.25) is 5.02 Å². The minimum absolute atomic E-state index is 0.188. The lowest BCUT2D eigenvalue weighted by atomic mass is 10.2. The first kappa shape index (κ1) is 19.8. The predicted octanol–water partition coefficient (Wildman–Crippen LogP) is 6.54. The van der Waals surface area contributed by atoms with Crippen molar-refractivity contribution in [3.05, 3.63) is 83.3 Å². The highest BCUT2D eigenvalue weighted by Gasteiger charge is 2.24. The molecular formula is C24H20ClN3O2S. The summed E-state index contributed by atoms with van der Waals surface area (Å²) in [6.45, 7) is 3.32. The molecule has 156 valence electrons. The number of halogens is 1. The third-order valence-electron chi connectivity index (χ3n) is 5.22. The van der Waals surface area contributed by atoms with Crippen molar-refractivity contribution >= 4 is 55.2 Å². The Balaban J connectivity index is 1.50. The maximum atomic E-state index is 13.5. The van der Waals surface area contributed by atoms with Crippen molar-refractivity contribution < 1.29 is 9.21 Å². The van der Waals surface area contributed by atoms with Gasteiger partial charge >= 0.3 is 0 Å². The molecule has 31 heavy (non-hydrogen) atoms. The molecule has 0 unspecified atom stereocenters. The van der Waals surface area contributed by atoms with E-state index in [4.69, 9.17) is 21.0 Å². The fourth-order valence-corrected chi connectivity index (χ4v) is 5.14. The van der Waals surface area contributed by atoms with Crippen LogP contribution in [0.1, 0.15) is 22.5 Å². The largest absolute Gasteiger partial charge is 0.451 e. The first-order chi connectivity index (χ1) is 15.1. The second-order valence-corrected chi connectivity index (χ2v) is 8.89. The molecule has 2 aromatic carbocycles. The van der Waals surface area contributed by atoms with Crippen LogP contribution in [0, 0.1) is 6.92 Å². The van der Waals surface area contributed by atoms with Gasteiger partial charge in [-0.15, -0.1) is 0 Å². The minimum Gasteiger partial charge on any atom is -0.451 e. The fraction of sp³-hybridized carbons (Fsp3) is 0.167. The highest BCUT2D eigenvalue weighted by atomic mass is 35.5. The Morgan fingerprint density at radius 2 is 1.97 bits per heavy atom. The zero-order chi connectivity index (χ0) is 21.4. The van der Waals surface area contributed by atoms with Gasteiger partial charge in [0.05, 0.1) is 10.2 Å². The summed E-state index contributed by atoms with van der Waals surface area (Å²) in [5.41, 5.74) is 2.57. The Hall–Kier alpha value is -3.09. The van der Waals surface area contributed by atoms with E-state index in [-0.39, 0.29) is 5.91 Å². The Morgan fingerprint density at radius 1 is 1.16 bits per heavy atom. The van der Waals surface area contributed by atoms with E-state index in [1.165, 1.54) is 11.3 Å². The van der Waals surface area contributed by atoms with Crippen molar-refractivity contribution in [1.82, 2.24) is 9.55 Å². The molecule has 5 aromatic rings. The predicted molar refractivity (Wildman–Crippen MR) is 126 cm³/mol. The van der Waals surface area contributed by atoms with Gasteiger partial charge in [0.15, 0.2) is 10.9 Å². The van der Waals surface area contributed by atoms with Gasteiger partial charge < -0.3 is 8.98 Å². The van der Waals surface area contributed by atoms with Gasteiger partial charge in [-0.1, -0.05) is 41.1 Å². The number of nitrogens with zero attached hydrogens (tertiary/aromatic N) is 3. The molecule has 5 rings (SSSR count). The maximum Gasteiger partial charge on any atom is 0.295 e. The summed E-state index contributed by atoms with van der Waals surface area (Å²) in [6.07, 6.45) is 4.83. The van der Waals surface area contributed by atoms with E-state index in [0.717, 1.165) is 34.1 Å². The maximum absolute atomic E-state index is 13.5. The van der Waals surface area contributed by atoms with E-state index in [1.54, 1.807) is 11.0 Å². The number of amides is 1. The molecule has 0 N–H and O–H groups in total. The van der Waals surface area contributed by atoms with E-state index >= 15 is 0 Å². The number of fused-ring (bicyclic) bond motifs is 2. The van der Waals surface area contributed by atoms with Crippen LogP contribution in [-0.4, -0.2) is 22.0 Å². The van der Waals surface area contributed by atoms with E-state index in [1.807, 2.05) is 67.8 Å². The van der Waals surface area contributed by atoms with Crippen molar-refractivity contribution in [2.45, 2.75) is 19.9 Å². The Morgan fingerprint density at radius 3 is 2.77 bits per heavy atom. The van der Waals surface area contributed by atoms with Crippen LogP contribution in [0.3, 0.4) is 0 Å². The lowest BCUT2D eigenvalue weighted by molar-refractivity contribution is 0.0961. The van der Waals surface area contributed by atoms with Gasteiger partial charge in [-0.05, 0) is 55.3 Å². The summed E-state index contributed by atoms with van der Waals surface area (Å²) in [4.78, 5) is 20.0. The molecule has 0 bridgehead atoms. The number of furan rings is 1. The second-order valence-electron chi connectivity index (χ2n) is 7.45. The van der Waals surface area contributed by atoms with E-state index in [9.17, 15) is 4.79 Å². The first-order valence-electron chi connectivity index (χ1n) is 10.1. The molecule has 0 spiro atoms. The van der Waals surface area contributed by atoms with Gasteiger partial charge in [0.1, 0.15) is 5.58 Å². The van der Waals surface area contributed by atoms with Gasteiger partial charge in [0.2, 0.25) is 0 Å². The molecule has 3 aromatic heterocycles. The average molecular weight is 450 g/mol. The van der Waals surface area contributed by atoms with Crippen LogP contribution in [0.4, 0.5) is 5.13 Å². The lowest BCUT2D eigenvalue weighted by Gasteiger charge is -2.18. The van der Waals surface area contributed by atoms with Crippen molar-refractivity contribution in [1.29, 1.82) is 0 Å². The number of hydrogen-bond acceptors (Lipinski definition) is 4. The van der Waals surface area contributed by atoms with Crippen molar-refractivity contribution in [2.24, 2.45) is 0 Å². The highest BCUT2D eigenvalue weighted by Crippen LogP contribution is 2.34. The number of aromatic nitrogens is 2. The number of thiazole rings is 1. The molecule has 0 aliphatic heterocycles. The summed E-state index contributed by atoms with van der Waals surface area (Å²) in [5.74, 6) is 0.127. The monoisotopic (exact) mass is 449 g/mol. The molecular weight excluding hydrogens is 430 g/mol. The average Bonchev–Trinajstić information content (AvgIpc) is 3.49. The summed E-state index contributed by atoms with van der Waals surface area (Å²) >= 11 is 7.71. The summed E-state index contributed by atoms with van der Waals surface area (Å²) < 4.78 is 8.93. The van der Waals surface area contributed by atoms with E-state index in [0.29, 0.717) is 28.0 Å². The number of anilines is 1. The van der Waals surface area contributed by atoms with Gasteiger partial charge in [-0.2, -0.15) is 0 Å². The standard InChI is InChI=1S/C24H20ClN3O2S/c1-16-13-18(25)15-21-22(16)26-24(31-21)28(12-6-11-27-9-4-5-10-27)23(29)20-14-17-7-2-3-8-19(17)30-20/h2-5,7-10,13-15H,6,11-12H2,1H3. The molecule has 0 fully saturated rings. The molecule has 0 aliphatic carbocycles. The number of para-hydroxylation sites is 1. The number of aryl methyl sites for hydroxylation is 2. The Kier molecular flexibility index (Phi) is 5.26. The number of benzene rings is 2. The smallest absolute Gasteiger partial charge is 0.295 e. The molecule has 0 saturated carbocycles. The zero-order valence-electron chi connectivity index (χ0n) is 16.9. The van der Waals surface area contributed by atoms with Crippen LogP contribution >= 0.6 is 22.9 Å². The minimum atomic E-state index is -0.188. The third-order valence-corrected chi connectivity index (χ3v) is 6.46. The molecule has 0 saturated heterocycles. The molecule has 0 radical (unpaired) electrons. The summed E-state index contributed by atoms with van der Waals surface area (Å²) in [7, 11) is 0. The van der Waals surface area contributed by atoms with Crippen molar-refractivity contribution in [3.63, 3.8) is 0 Å². The Labute approximate surface area is 188 Å². The molecule has 7 heteroatoms. The normalized spacial score (nSPS) is 11.4. The van der Waals surface area contributed by atoms with Crippen LogP contribution in [0.25, 0.3) is 21.2 Å². The lowest BCUT2D eigenvalue weighted by Crippen LogP contribution is -2.32. The molecule has 3 heterocycles. The van der Waals surface area contributed by atoms with Crippen LogP contribution in [-0.2, 0) is 6.54 Å². The van der Waals surface area contributed by atoms with E-state index < -0.39 is 0 Å². The van der Waals surface area contributed by atoms with Gasteiger partial charge in [0, 0.05) is 35.9 Å². The van der Waals surface area contributed by atoms with Crippen molar-refractivity contribution in [2.75, 3.05) is 11.4 Å². The van der Waals surface area contributed by atoms with Crippen LogP contribution in [0.15, 0.2) is 71.4 Å². The highest BCUT2D eigenvalue weighted by molar-refractivity contribution is 7.22. The quantitative estimate of drug-likeness (QED) is 0.295. The second kappa shape index (κ2) is 8.21. The van der Waals surface area contributed by atoms with Crippen LogP contribution < -0.4 is 4.90 Å². The Bertz CT molecular complexity index is 1340. The number of hydrogen-bond donors (Lipinski definition) is 0. The number of carbonyl (C=O) groups excluding carboxylic acids is 1. The topological polar surface area (TPSA) is 51.3 Å². The molecule has 5 nitrogen and oxygen atoms in total. The fourth-order valence-electron chi connectivity index (χ4n) is 3.69. The number of carbonyl (C=O) groups is 1. The number of rotatable bonds is 6. The molecule has 0 atom stereocenters. The van der Waals surface area contributed by atoms with Crippen LogP contribution in [0.5, 0.6) is 0 Å². The summed E-state index contributed by atoms with van der Waals surface area (Å²) in [5, 5.41) is 2.23. The first-order valence-corrected chi connectivity index (χ1v) is 11.3. The summed E-state index contributed by atoms with van der Waals surface area (Å²) in [6, 6.07) is 17.2. The molecule has 1 amide bonds. The third kappa shape index (κ3) is 3.96. The van der Waals surface area contributed by atoms with Gasteiger partial charge in [-0.25, -0.2) is 4.98 Å². The van der Waals surface area contributed by atoms with Gasteiger partial charge in [0.25, 0.3) is 5.91 Å².